The van der Waals surface area contributed by atoms with Crippen LogP contribution in [0.5, 0.6) is 0 Å². The zero-order chi connectivity index (χ0) is 19.7. The molecule has 7 nitrogen and oxygen atoms in total. The minimum Gasteiger partial charge on any atom is -0.348 e. The summed E-state index contributed by atoms with van der Waals surface area (Å²) in [6, 6.07) is 9.42. The summed E-state index contributed by atoms with van der Waals surface area (Å²) >= 11 is 1.42. The fourth-order valence-electron chi connectivity index (χ4n) is 3.46. The molecular weight excluding hydrogens is 374 g/mol. The third kappa shape index (κ3) is 3.44. The molecule has 1 aromatic carbocycles. The molecule has 0 spiro atoms. The molecule has 28 heavy (non-hydrogen) atoms. The number of carbonyl (C=O) groups excluding carboxylic acids is 1. The van der Waals surface area contributed by atoms with Gasteiger partial charge in [-0.05, 0) is 31.4 Å². The standard InChI is InChI=1S/C20H23N5O2S/c1-23(2)16(26)13-28-20-21-18-17(15-11-7-4-8-12-24(15)20)19(27)25(22-18)14-9-5-3-6-10-14/h3,5-6,9-10H,4,7-8,11-13H2,1-2H3. The first-order valence-corrected chi connectivity index (χ1v) is 10.5. The van der Waals surface area contributed by atoms with Crippen molar-refractivity contribution in [3.8, 4) is 17.1 Å². The Labute approximate surface area is 167 Å². The SMILES string of the molecule is CN(C)C(=O)CSc1nc2nn(-c3ccccc3)c(=O)c-2c2n1CCCCC2. The van der Waals surface area contributed by atoms with Crippen LogP contribution < -0.4 is 5.56 Å². The summed E-state index contributed by atoms with van der Waals surface area (Å²) in [7, 11) is 3.50. The molecule has 3 aliphatic heterocycles. The molecule has 0 saturated carbocycles. The summed E-state index contributed by atoms with van der Waals surface area (Å²) in [5.74, 6) is 0.810. The first-order valence-electron chi connectivity index (χ1n) is 9.47. The predicted octanol–water partition coefficient (Wildman–Crippen LogP) is 2.44. The summed E-state index contributed by atoms with van der Waals surface area (Å²) in [5.41, 5.74) is 2.21. The summed E-state index contributed by atoms with van der Waals surface area (Å²) in [6.07, 6.45) is 4.02. The second kappa shape index (κ2) is 7.79. The highest BCUT2D eigenvalue weighted by Crippen LogP contribution is 2.30. The Morgan fingerprint density at radius 1 is 1.18 bits per heavy atom. The van der Waals surface area contributed by atoms with Gasteiger partial charge in [0, 0.05) is 26.3 Å². The molecule has 8 heteroatoms. The molecule has 146 valence electrons. The van der Waals surface area contributed by atoms with Gasteiger partial charge in [0.15, 0.2) is 11.0 Å². The van der Waals surface area contributed by atoms with E-state index in [-0.39, 0.29) is 11.5 Å². The molecule has 0 saturated heterocycles. The molecule has 3 heterocycles. The summed E-state index contributed by atoms with van der Waals surface area (Å²) in [6.45, 7) is 0.812. The monoisotopic (exact) mass is 397 g/mol. The Kier molecular flexibility index (Phi) is 5.21. The van der Waals surface area contributed by atoms with Gasteiger partial charge < -0.3 is 9.47 Å². The fourth-order valence-corrected chi connectivity index (χ4v) is 4.48. The van der Waals surface area contributed by atoms with Crippen molar-refractivity contribution in [3.63, 3.8) is 0 Å². The van der Waals surface area contributed by atoms with Crippen LogP contribution in [-0.2, 0) is 17.8 Å². The number of carbonyl (C=O) groups is 1. The lowest BCUT2D eigenvalue weighted by atomic mass is 10.1. The van der Waals surface area contributed by atoms with Gasteiger partial charge in [-0.25, -0.2) is 4.98 Å². The van der Waals surface area contributed by atoms with Gasteiger partial charge in [-0.15, -0.1) is 5.10 Å². The maximum atomic E-state index is 13.2. The van der Waals surface area contributed by atoms with Crippen LogP contribution in [0.25, 0.3) is 17.1 Å². The Balaban J connectivity index is 1.85. The molecule has 4 rings (SSSR count). The average molecular weight is 398 g/mol. The molecule has 0 unspecified atom stereocenters. The van der Waals surface area contributed by atoms with Crippen LogP contribution in [0.15, 0.2) is 40.3 Å². The molecule has 0 atom stereocenters. The summed E-state index contributed by atoms with van der Waals surface area (Å²) < 4.78 is 3.56. The topological polar surface area (TPSA) is 73.0 Å². The third-order valence-corrected chi connectivity index (χ3v) is 5.95. The number of fused-ring (bicyclic) bond motifs is 3. The number of aromatic nitrogens is 4. The van der Waals surface area contributed by atoms with Crippen molar-refractivity contribution in [2.45, 2.75) is 37.4 Å². The molecule has 0 aliphatic carbocycles. The molecule has 0 aromatic heterocycles. The van der Waals surface area contributed by atoms with Crippen molar-refractivity contribution in [2.24, 2.45) is 0 Å². The van der Waals surface area contributed by atoms with Gasteiger partial charge in [0.1, 0.15) is 5.56 Å². The minimum atomic E-state index is -0.125. The van der Waals surface area contributed by atoms with Crippen LogP contribution in [0.3, 0.4) is 0 Å². The van der Waals surface area contributed by atoms with Crippen molar-refractivity contribution in [1.82, 2.24) is 24.2 Å². The van der Waals surface area contributed by atoms with Crippen LogP contribution in [0.1, 0.15) is 25.0 Å². The fraction of sp³-hybridized carbons (Fsp3) is 0.400. The first kappa shape index (κ1) is 18.7. The van der Waals surface area contributed by atoms with E-state index >= 15 is 0 Å². The van der Waals surface area contributed by atoms with Crippen LogP contribution >= 0.6 is 11.8 Å². The molecule has 1 aromatic rings. The number of hydrogen-bond acceptors (Lipinski definition) is 5. The Morgan fingerprint density at radius 2 is 1.96 bits per heavy atom. The second-order valence-corrected chi connectivity index (χ2v) is 8.07. The van der Waals surface area contributed by atoms with E-state index in [1.54, 1.807) is 19.0 Å². The van der Waals surface area contributed by atoms with E-state index < -0.39 is 0 Å². The van der Waals surface area contributed by atoms with E-state index in [1.807, 2.05) is 30.3 Å². The third-order valence-electron chi connectivity index (χ3n) is 4.99. The number of rotatable bonds is 4. The lowest BCUT2D eigenvalue weighted by Crippen LogP contribution is -2.24. The largest absolute Gasteiger partial charge is 0.348 e. The van der Waals surface area contributed by atoms with Gasteiger partial charge in [-0.1, -0.05) is 36.4 Å². The molecule has 0 bridgehead atoms. The smallest absolute Gasteiger partial charge is 0.284 e. The van der Waals surface area contributed by atoms with E-state index in [1.165, 1.54) is 16.4 Å². The lowest BCUT2D eigenvalue weighted by Gasteiger charge is -2.18. The van der Waals surface area contributed by atoms with Crippen LogP contribution in [0.2, 0.25) is 0 Å². The summed E-state index contributed by atoms with van der Waals surface area (Å²) in [4.78, 5) is 31.5. The van der Waals surface area contributed by atoms with Gasteiger partial charge in [-0.2, -0.15) is 4.68 Å². The highest BCUT2D eigenvalue weighted by atomic mass is 32.2. The second-order valence-electron chi connectivity index (χ2n) is 7.13. The van der Waals surface area contributed by atoms with Gasteiger partial charge in [0.2, 0.25) is 5.91 Å². The van der Waals surface area contributed by atoms with Crippen LogP contribution in [0.4, 0.5) is 0 Å². The maximum absolute atomic E-state index is 13.2. The van der Waals surface area contributed by atoms with Gasteiger partial charge in [0.25, 0.3) is 5.56 Å². The molecule has 3 aliphatic rings. The predicted molar refractivity (Wildman–Crippen MR) is 109 cm³/mol. The normalized spacial score (nSPS) is 13.9. The number of nitrogens with zero attached hydrogens (tertiary/aromatic N) is 5. The van der Waals surface area contributed by atoms with E-state index in [4.69, 9.17) is 4.98 Å². The molecule has 1 amide bonds. The Bertz CT molecular complexity index is 1030. The van der Waals surface area contributed by atoms with Gasteiger partial charge in [0.05, 0.1) is 11.4 Å². The zero-order valence-electron chi connectivity index (χ0n) is 16.1. The Hall–Kier alpha value is -2.61. The van der Waals surface area contributed by atoms with Crippen molar-refractivity contribution in [3.05, 3.63) is 46.4 Å². The quantitative estimate of drug-likeness (QED) is 0.499. The van der Waals surface area contributed by atoms with Crippen molar-refractivity contribution in [1.29, 1.82) is 0 Å². The highest BCUT2D eigenvalue weighted by molar-refractivity contribution is 7.99. The number of hydrogen-bond donors (Lipinski definition) is 0. The lowest BCUT2D eigenvalue weighted by molar-refractivity contribution is -0.125. The van der Waals surface area contributed by atoms with E-state index in [0.29, 0.717) is 17.1 Å². The van der Waals surface area contributed by atoms with Crippen molar-refractivity contribution >= 4 is 17.7 Å². The van der Waals surface area contributed by atoms with Crippen molar-refractivity contribution in [2.75, 3.05) is 19.8 Å². The molecule has 0 radical (unpaired) electrons. The zero-order valence-corrected chi connectivity index (χ0v) is 16.9. The number of amides is 1. The van der Waals surface area contributed by atoms with E-state index in [2.05, 4.69) is 9.67 Å². The maximum Gasteiger partial charge on any atom is 0.284 e. The van der Waals surface area contributed by atoms with Crippen molar-refractivity contribution < 1.29 is 4.79 Å². The molecule has 0 fully saturated rings. The number of thioether (sulfide) groups is 1. The number of benzene rings is 1. The van der Waals surface area contributed by atoms with Gasteiger partial charge in [-0.3, -0.25) is 9.59 Å². The van der Waals surface area contributed by atoms with Gasteiger partial charge >= 0.3 is 0 Å². The van der Waals surface area contributed by atoms with Crippen LogP contribution in [0, 0.1) is 0 Å². The minimum absolute atomic E-state index is 0.0363. The highest BCUT2D eigenvalue weighted by Gasteiger charge is 2.27. The first-order chi connectivity index (χ1) is 13.6. The number of para-hydroxylation sites is 1. The molecular formula is C20H23N5O2S. The van der Waals surface area contributed by atoms with Crippen LogP contribution in [-0.4, -0.2) is 50.0 Å². The van der Waals surface area contributed by atoms with E-state index in [9.17, 15) is 9.59 Å². The Morgan fingerprint density at radius 3 is 2.71 bits per heavy atom. The molecule has 0 N–H and O–H groups in total. The average Bonchev–Trinajstić information content (AvgIpc) is 2.87. The van der Waals surface area contributed by atoms with E-state index in [0.717, 1.165) is 48.8 Å². The summed E-state index contributed by atoms with van der Waals surface area (Å²) in [5, 5.41) is 5.28.